The number of halogens is 4. The van der Waals surface area contributed by atoms with Gasteiger partial charge in [0.25, 0.3) is 0 Å². The molecule has 0 saturated heterocycles. The van der Waals surface area contributed by atoms with Crippen LogP contribution in [0.15, 0.2) is 6.07 Å². The van der Waals surface area contributed by atoms with E-state index < -0.39 is 18.1 Å². The minimum Gasteiger partial charge on any atom is -0.461 e. The van der Waals surface area contributed by atoms with Crippen molar-refractivity contribution in [3.05, 3.63) is 21.0 Å². The molecule has 0 radical (unpaired) electrons. The van der Waals surface area contributed by atoms with Gasteiger partial charge in [0.2, 0.25) is 0 Å². The summed E-state index contributed by atoms with van der Waals surface area (Å²) < 4.78 is 45.2. The van der Waals surface area contributed by atoms with Gasteiger partial charge in [0.15, 0.2) is 5.69 Å². The summed E-state index contributed by atoms with van der Waals surface area (Å²) in [5.41, 5.74) is 5.18. The van der Waals surface area contributed by atoms with Crippen LogP contribution in [0.3, 0.4) is 0 Å². The molecule has 1 aromatic rings. The summed E-state index contributed by atoms with van der Waals surface area (Å²) in [6.45, 7) is 1.53. The van der Waals surface area contributed by atoms with Crippen LogP contribution in [0.4, 0.5) is 13.2 Å². The third-order valence-electron chi connectivity index (χ3n) is 1.88. The highest BCUT2D eigenvalue weighted by Crippen LogP contribution is 2.30. The summed E-state index contributed by atoms with van der Waals surface area (Å²) in [5.74, 6) is -1.35. The summed E-state index contributed by atoms with van der Waals surface area (Å²) in [6.07, 6.45) is -4.86. The van der Waals surface area contributed by atoms with Crippen LogP contribution < -0.4 is 10.5 Å². The first-order chi connectivity index (χ1) is 8.78. The standard InChI is InChI=1S/C10H10F3IN2O3/c1-2-18-9(17)8-7(14)6(19-10(11,12)13)3-5(4-15)16-8/h3H,2,4,15H2,1H3. The number of carbonyl (C=O) groups excluding carboxylic acids is 1. The van der Waals surface area contributed by atoms with Gasteiger partial charge in [0.05, 0.1) is 15.9 Å². The zero-order valence-corrected chi connectivity index (χ0v) is 11.9. The molecule has 0 atom stereocenters. The maximum atomic E-state index is 12.2. The first kappa shape index (κ1) is 16.0. The fourth-order valence-corrected chi connectivity index (χ4v) is 1.80. The van der Waals surface area contributed by atoms with Crippen LogP contribution in [0.2, 0.25) is 0 Å². The van der Waals surface area contributed by atoms with Crippen molar-refractivity contribution in [3.8, 4) is 5.75 Å². The molecular weight excluding hydrogens is 380 g/mol. The molecule has 1 heterocycles. The third kappa shape index (κ3) is 4.49. The van der Waals surface area contributed by atoms with E-state index in [4.69, 9.17) is 10.5 Å². The van der Waals surface area contributed by atoms with E-state index in [0.717, 1.165) is 6.07 Å². The number of rotatable bonds is 4. The van der Waals surface area contributed by atoms with Crippen molar-refractivity contribution < 1.29 is 27.4 Å². The molecule has 0 spiro atoms. The van der Waals surface area contributed by atoms with Crippen LogP contribution in [0.5, 0.6) is 5.75 Å². The second kappa shape index (κ2) is 6.37. The molecule has 0 unspecified atom stereocenters. The highest BCUT2D eigenvalue weighted by molar-refractivity contribution is 14.1. The summed E-state index contributed by atoms with van der Waals surface area (Å²) in [6, 6.07) is 1.04. The molecule has 0 aliphatic heterocycles. The largest absolute Gasteiger partial charge is 0.573 e. The van der Waals surface area contributed by atoms with Gasteiger partial charge in [-0.15, -0.1) is 13.2 Å². The average Bonchev–Trinajstić information content (AvgIpc) is 2.30. The first-order valence-electron chi connectivity index (χ1n) is 5.10. The van der Waals surface area contributed by atoms with E-state index in [1.807, 2.05) is 0 Å². The van der Waals surface area contributed by atoms with Crippen LogP contribution in [0.25, 0.3) is 0 Å². The molecule has 0 bridgehead atoms. The highest BCUT2D eigenvalue weighted by atomic mass is 127. The molecule has 0 aromatic carbocycles. The second-order valence-electron chi connectivity index (χ2n) is 3.25. The maximum absolute atomic E-state index is 12.2. The monoisotopic (exact) mass is 390 g/mol. The molecule has 0 aliphatic rings. The number of esters is 1. The van der Waals surface area contributed by atoms with Gasteiger partial charge in [0, 0.05) is 12.6 Å². The number of nitrogens with zero attached hydrogens (tertiary/aromatic N) is 1. The van der Waals surface area contributed by atoms with Crippen LogP contribution in [0.1, 0.15) is 23.1 Å². The van der Waals surface area contributed by atoms with Crippen molar-refractivity contribution in [1.82, 2.24) is 4.98 Å². The Kier molecular flexibility index (Phi) is 5.35. The molecule has 0 aliphatic carbocycles. The zero-order chi connectivity index (χ0) is 14.6. The SMILES string of the molecule is CCOC(=O)c1nc(CN)cc(OC(F)(F)F)c1I. The lowest BCUT2D eigenvalue weighted by molar-refractivity contribution is -0.275. The van der Waals surface area contributed by atoms with Crippen LogP contribution >= 0.6 is 22.6 Å². The summed E-state index contributed by atoms with van der Waals surface area (Å²) in [4.78, 5) is 15.4. The Hall–Kier alpha value is -1.10. The van der Waals surface area contributed by atoms with E-state index >= 15 is 0 Å². The van der Waals surface area contributed by atoms with Gasteiger partial charge in [-0.05, 0) is 29.5 Å². The lowest BCUT2D eigenvalue weighted by atomic mass is 10.2. The van der Waals surface area contributed by atoms with Crippen molar-refractivity contribution in [3.63, 3.8) is 0 Å². The third-order valence-corrected chi connectivity index (χ3v) is 2.92. The molecule has 1 aromatic heterocycles. The summed E-state index contributed by atoms with van der Waals surface area (Å²) in [5, 5.41) is 0. The summed E-state index contributed by atoms with van der Waals surface area (Å²) >= 11 is 1.54. The minimum atomic E-state index is -4.86. The Morgan fingerprint density at radius 2 is 2.16 bits per heavy atom. The number of ether oxygens (including phenoxy) is 2. The van der Waals surface area contributed by atoms with Crippen molar-refractivity contribution >= 4 is 28.6 Å². The van der Waals surface area contributed by atoms with E-state index in [1.54, 1.807) is 6.92 Å². The Balaban J connectivity index is 3.24. The molecular formula is C10H10F3IN2O3. The predicted molar refractivity (Wildman–Crippen MR) is 67.5 cm³/mol. The molecule has 0 saturated carbocycles. The van der Waals surface area contributed by atoms with E-state index in [2.05, 4.69) is 9.72 Å². The average molecular weight is 390 g/mol. The lowest BCUT2D eigenvalue weighted by Crippen LogP contribution is -2.20. The summed E-state index contributed by atoms with van der Waals surface area (Å²) in [7, 11) is 0. The first-order valence-corrected chi connectivity index (χ1v) is 6.18. The van der Waals surface area contributed by atoms with Crippen LogP contribution in [-0.2, 0) is 11.3 Å². The number of hydrogen-bond acceptors (Lipinski definition) is 5. The van der Waals surface area contributed by atoms with Gasteiger partial charge in [-0.2, -0.15) is 0 Å². The Morgan fingerprint density at radius 1 is 1.53 bits per heavy atom. The van der Waals surface area contributed by atoms with E-state index in [9.17, 15) is 18.0 Å². The lowest BCUT2D eigenvalue weighted by Gasteiger charge is -2.13. The van der Waals surface area contributed by atoms with Crippen LogP contribution in [0, 0.1) is 3.57 Å². The molecule has 2 N–H and O–H groups in total. The fraction of sp³-hybridized carbons (Fsp3) is 0.400. The van der Waals surface area contributed by atoms with Gasteiger partial charge < -0.3 is 15.2 Å². The molecule has 19 heavy (non-hydrogen) atoms. The molecule has 106 valence electrons. The predicted octanol–water partition coefficient (Wildman–Crippen LogP) is 2.22. The van der Waals surface area contributed by atoms with E-state index in [-0.39, 0.29) is 28.1 Å². The van der Waals surface area contributed by atoms with Crippen molar-refractivity contribution in [1.29, 1.82) is 0 Å². The van der Waals surface area contributed by atoms with Crippen molar-refractivity contribution in [2.45, 2.75) is 19.8 Å². The van der Waals surface area contributed by atoms with Gasteiger partial charge in [-0.1, -0.05) is 0 Å². The Bertz CT molecular complexity index is 480. The van der Waals surface area contributed by atoms with E-state index in [1.165, 1.54) is 22.6 Å². The van der Waals surface area contributed by atoms with Gasteiger partial charge in [0.1, 0.15) is 5.75 Å². The number of nitrogens with two attached hydrogens (primary N) is 1. The number of alkyl halides is 3. The van der Waals surface area contributed by atoms with E-state index in [0.29, 0.717) is 0 Å². The minimum absolute atomic E-state index is 0.0782. The fourth-order valence-electron chi connectivity index (χ4n) is 1.19. The van der Waals surface area contributed by atoms with Crippen LogP contribution in [-0.4, -0.2) is 23.9 Å². The zero-order valence-electron chi connectivity index (χ0n) is 9.75. The molecule has 1 rings (SSSR count). The normalized spacial score (nSPS) is 11.3. The number of aromatic nitrogens is 1. The van der Waals surface area contributed by atoms with Gasteiger partial charge >= 0.3 is 12.3 Å². The number of carbonyl (C=O) groups is 1. The van der Waals surface area contributed by atoms with Gasteiger partial charge in [-0.3, -0.25) is 0 Å². The topological polar surface area (TPSA) is 74.4 Å². The molecule has 0 amide bonds. The smallest absolute Gasteiger partial charge is 0.461 e. The van der Waals surface area contributed by atoms with Crippen molar-refractivity contribution in [2.24, 2.45) is 5.73 Å². The number of hydrogen-bond donors (Lipinski definition) is 1. The van der Waals surface area contributed by atoms with Gasteiger partial charge in [-0.25, -0.2) is 9.78 Å². The molecule has 9 heteroatoms. The number of pyridine rings is 1. The molecule has 0 fully saturated rings. The molecule has 5 nitrogen and oxygen atoms in total. The quantitative estimate of drug-likeness (QED) is 0.631. The second-order valence-corrected chi connectivity index (χ2v) is 4.33. The van der Waals surface area contributed by atoms with Crippen molar-refractivity contribution in [2.75, 3.05) is 6.61 Å². The Labute approximate surface area is 120 Å². The Morgan fingerprint density at radius 3 is 2.63 bits per heavy atom. The maximum Gasteiger partial charge on any atom is 0.573 e. The highest BCUT2D eigenvalue weighted by Gasteiger charge is 2.33.